The highest BCUT2D eigenvalue weighted by Crippen LogP contribution is 2.23. The van der Waals surface area contributed by atoms with Gasteiger partial charge >= 0.3 is 12.2 Å². The number of nitrogen functional groups attached to an aromatic ring is 1. The number of imidazole rings is 1. The van der Waals surface area contributed by atoms with Crippen LogP contribution >= 0.6 is 0 Å². The number of hydrogen-bond donors (Lipinski definition) is 6. The van der Waals surface area contributed by atoms with Gasteiger partial charge in [0.15, 0.2) is 11.8 Å². The first-order chi connectivity index (χ1) is 27.3. The summed E-state index contributed by atoms with van der Waals surface area (Å²) in [7, 11) is 0. The fourth-order valence-electron chi connectivity index (χ4n) is 6.11. The molecule has 4 aromatic rings. The van der Waals surface area contributed by atoms with Crippen molar-refractivity contribution in [1.29, 1.82) is 0 Å². The van der Waals surface area contributed by atoms with E-state index in [1.54, 1.807) is 84.5 Å². The number of alkyl carbamates (subject to hydrolysis) is 2. The number of carbonyl (C=O) groups excluding carboxylic acids is 4. The number of phenols is 1. The number of aromatic hydroxyl groups is 1. The molecule has 314 valence electrons. The smallest absolute Gasteiger partial charge is 0.408 e. The summed E-state index contributed by atoms with van der Waals surface area (Å²) < 4.78 is 18.2. The van der Waals surface area contributed by atoms with Crippen molar-refractivity contribution in [2.45, 2.75) is 123 Å². The SMILES string of the molecule is Cc1cc(O)cc(C)c1C[C@H](NC(=O)[C@@H](CCCn1ccnc1N)NC(=O)OC(C)(C)C)C(=O)N[C@@H](CCNC(=O)OC(C)(C)C)c1nc(Cc2ccccc2)no1. The highest BCUT2D eigenvalue weighted by Gasteiger charge is 2.32. The molecule has 58 heavy (non-hydrogen) atoms. The Morgan fingerprint density at radius 3 is 2.14 bits per heavy atom. The lowest BCUT2D eigenvalue weighted by Gasteiger charge is -2.27. The lowest BCUT2D eigenvalue weighted by molar-refractivity contribution is -0.130. The maximum absolute atomic E-state index is 14.5. The third kappa shape index (κ3) is 14.4. The Balaban J connectivity index is 1.63. The Hall–Kier alpha value is -6.13. The summed E-state index contributed by atoms with van der Waals surface area (Å²) >= 11 is 0. The highest BCUT2D eigenvalue weighted by molar-refractivity contribution is 5.91. The number of benzene rings is 2. The van der Waals surface area contributed by atoms with Crippen LogP contribution in [0.1, 0.15) is 101 Å². The Labute approximate surface area is 338 Å². The number of rotatable bonds is 17. The van der Waals surface area contributed by atoms with Gasteiger partial charge in [-0.1, -0.05) is 35.5 Å². The fraction of sp³-hybridized carbons (Fsp3) is 0.488. The minimum atomic E-state index is -1.20. The summed E-state index contributed by atoms with van der Waals surface area (Å²) in [6, 6.07) is 9.50. The average molecular weight is 804 g/mol. The Bertz CT molecular complexity index is 1980. The van der Waals surface area contributed by atoms with Gasteiger partial charge in [-0.25, -0.2) is 14.6 Å². The van der Waals surface area contributed by atoms with Crippen LogP contribution in [0, 0.1) is 13.8 Å². The minimum absolute atomic E-state index is 0.0201. The predicted molar refractivity (Wildman–Crippen MR) is 216 cm³/mol. The van der Waals surface area contributed by atoms with Gasteiger partial charge in [0.25, 0.3) is 0 Å². The quantitative estimate of drug-likeness (QED) is 0.0833. The van der Waals surface area contributed by atoms with Crippen molar-refractivity contribution in [3.05, 3.63) is 88.8 Å². The second-order valence-electron chi connectivity index (χ2n) is 16.1. The summed E-state index contributed by atoms with van der Waals surface area (Å²) in [6.07, 6.45) is 2.92. The van der Waals surface area contributed by atoms with Gasteiger partial charge in [0, 0.05) is 38.3 Å². The van der Waals surface area contributed by atoms with Crippen molar-refractivity contribution in [1.82, 2.24) is 41.0 Å². The molecule has 4 rings (SSSR count). The molecule has 2 aromatic carbocycles. The average Bonchev–Trinajstić information content (AvgIpc) is 3.75. The van der Waals surface area contributed by atoms with Gasteiger partial charge < -0.3 is 50.7 Å². The summed E-state index contributed by atoms with van der Waals surface area (Å²) in [5, 5.41) is 25.6. The van der Waals surface area contributed by atoms with E-state index in [2.05, 4.69) is 36.4 Å². The Morgan fingerprint density at radius 2 is 1.52 bits per heavy atom. The number of nitrogens with zero attached hydrogens (tertiary/aromatic N) is 4. The third-order valence-corrected chi connectivity index (χ3v) is 8.77. The first kappa shape index (κ1) is 44.6. The molecule has 0 aliphatic heterocycles. The molecule has 4 amide bonds. The maximum atomic E-state index is 14.5. The van der Waals surface area contributed by atoms with Crippen molar-refractivity contribution in [3.63, 3.8) is 0 Å². The fourth-order valence-corrected chi connectivity index (χ4v) is 6.11. The first-order valence-corrected chi connectivity index (χ1v) is 19.3. The van der Waals surface area contributed by atoms with Crippen molar-refractivity contribution >= 4 is 29.9 Å². The third-order valence-electron chi connectivity index (χ3n) is 8.77. The molecule has 2 aromatic heterocycles. The van der Waals surface area contributed by atoms with Crippen LogP contribution in [0.4, 0.5) is 15.5 Å². The summed E-state index contributed by atoms with van der Waals surface area (Å²) in [5.74, 6) is -0.395. The van der Waals surface area contributed by atoms with E-state index >= 15 is 0 Å². The number of carbonyl (C=O) groups is 4. The summed E-state index contributed by atoms with van der Waals surface area (Å²) in [4.78, 5) is 62.8. The topological polar surface area (TPSA) is 238 Å². The summed E-state index contributed by atoms with van der Waals surface area (Å²) in [5.41, 5.74) is 7.45. The zero-order chi connectivity index (χ0) is 42.6. The molecule has 7 N–H and O–H groups in total. The molecule has 0 saturated carbocycles. The van der Waals surface area contributed by atoms with Crippen molar-refractivity contribution in [2.75, 3.05) is 12.3 Å². The van der Waals surface area contributed by atoms with Crippen LogP contribution in [0.15, 0.2) is 59.4 Å². The van der Waals surface area contributed by atoms with E-state index in [1.807, 2.05) is 30.3 Å². The van der Waals surface area contributed by atoms with Gasteiger partial charge in [-0.05, 0) is 109 Å². The van der Waals surface area contributed by atoms with Gasteiger partial charge in [0.05, 0.1) is 0 Å². The van der Waals surface area contributed by atoms with Crippen LogP contribution in [0.3, 0.4) is 0 Å². The largest absolute Gasteiger partial charge is 0.508 e. The van der Waals surface area contributed by atoms with Crippen LogP contribution in [-0.2, 0) is 38.4 Å². The summed E-state index contributed by atoms with van der Waals surface area (Å²) in [6.45, 7) is 14.4. The standard InChI is InChI=1S/C41H57N9O8/c1-25-21-28(51)22-26(2)29(25)24-32(46-34(52)30(47-39(55)57-41(6,7)8)15-12-19-50-20-18-43-37(50)42)35(53)45-31(16-17-44-38(54)56-40(3,4)5)36-48-33(49-58-36)23-27-13-10-9-11-14-27/h9-11,13-14,18,20-22,30-32,51H,12,15-17,19,23-24H2,1-8H3,(H2,42,43)(H,44,54)(H,45,53)(H,46,52)(H,47,55)/t30-,31+,32+/m1/s1. The van der Waals surface area contributed by atoms with Crippen LogP contribution in [0.5, 0.6) is 5.75 Å². The number of aryl methyl sites for hydroxylation is 3. The zero-order valence-electron chi connectivity index (χ0n) is 34.5. The molecule has 0 radical (unpaired) electrons. The van der Waals surface area contributed by atoms with E-state index in [9.17, 15) is 24.3 Å². The lowest BCUT2D eigenvalue weighted by Crippen LogP contribution is -2.55. The van der Waals surface area contributed by atoms with E-state index < -0.39 is 53.3 Å². The highest BCUT2D eigenvalue weighted by atomic mass is 16.6. The molecule has 0 saturated heterocycles. The first-order valence-electron chi connectivity index (χ1n) is 19.3. The van der Waals surface area contributed by atoms with Gasteiger partial charge in [0.2, 0.25) is 17.7 Å². The monoisotopic (exact) mass is 803 g/mol. The van der Waals surface area contributed by atoms with E-state index in [1.165, 1.54) is 0 Å². The number of nitrogens with one attached hydrogen (secondary N) is 4. The number of nitrogens with two attached hydrogens (primary N) is 1. The lowest BCUT2D eigenvalue weighted by atomic mass is 9.95. The van der Waals surface area contributed by atoms with E-state index in [0.29, 0.717) is 42.3 Å². The molecule has 0 unspecified atom stereocenters. The number of phenolic OH excluding ortho intramolecular Hbond substituents is 1. The second kappa shape index (κ2) is 19.8. The normalized spacial score (nSPS) is 13.2. The molecule has 0 fully saturated rings. The van der Waals surface area contributed by atoms with Crippen LogP contribution < -0.4 is 27.0 Å². The van der Waals surface area contributed by atoms with E-state index in [4.69, 9.17) is 19.7 Å². The molecule has 17 nitrogen and oxygen atoms in total. The van der Waals surface area contributed by atoms with Gasteiger partial charge in [-0.2, -0.15) is 4.98 Å². The van der Waals surface area contributed by atoms with Crippen molar-refractivity contribution < 1.29 is 38.3 Å². The van der Waals surface area contributed by atoms with Crippen LogP contribution in [0.2, 0.25) is 0 Å². The molecular formula is C41H57N9O8. The molecule has 17 heteroatoms. The number of hydrogen-bond acceptors (Lipinski definition) is 12. The van der Waals surface area contributed by atoms with E-state index in [-0.39, 0.29) is 37.4 Å². The molecule has 0 bridgehead atoms. The van der Waals surface area contributed by atoms with Crippen LogP contribution in [-0.4, -0.2) is 78.6 Å². The molecule has 3 atom stereocenters. The number of ether oxygens (including phenoxy) is 2. The maximum Gasteiger partial charge on any atom is 0.408 e. The zero-order valence-corrected chi connectivity index (χ0v) is 34.5. The van der Waals surface area contributed by atoms with Crippen molar-refractivity contribution in [2.24, 2.45) is 0 Å². The minimum Gasteiger partial charge on any atom is -0.508 e. The number of anilines is 1. The number of amides is 4. The van der Waals surface area contributed by atoms with Crippen LogP contribution in [0.25, 0.3) is 0 Å². The molecule has 0 aliphatic rings. The second-order valence-corrected chi connectivity index (χ2v) is 16.1. The predicted octanol–water partition coefficient (Wildman–Crippen LogP) is 4.93. The molecular weight excluding hydrogens is 747 g/mol. The van der Waals surface area contributed by atoms with Crippen molar-refractivity contribution in [3.8, 4) is 5.75 Å². The molecule has 0 spiro atoms. The number of aromatic nitrogens is 4. The van der Waals surface area contributed by atoms with Gasteiger partial charge in [0.1, 0.15) is 35.1 Å². The van der Waals surface area contributed by atoms with Gasteiger partial charge in [-0.15, -0.1) is 0 Å². The van der Waals surface area contributed by atoms with E-state index in [0.717, 1.165) is 11.1 Å². The molecule has 2 heterocycles. The van der Waals surface area contributed by atoms with Gasteiger partial charge in [-0.3, -0.25) is 9.59 Å². The Kier molecular flexibility index (Phi) is 15.2. The Morgan fingerprint density at radius 1 is 0.879 bits per heavy atom. The molecule has 0 aliphatic carbocycles.